The Labute approximate surface area is 153 Å². The van der Waals surface area contributed by atoms with Gasteiger partial charge in [-0.05, 0) is 25.0 Å². The highest BCUT2D eigenvalue weighted by Gasteiger charge is 2.07. The first-order chi connectivity index (χ1) is 12.7. The summed E-state index contributed by atoms with van der Waals surface area (Å²) in [6.07, 6.45) is 2.52. The minimum atomic E-state index is 0.0302. The van der Waals surface area contributed by atoms with Gasteiger partial charge in [-0.2, -0.15) is 0 Å². The number of hydrogen-bond donors (Lipinski definition) is 1. The molecule has 3 aromatic rings. The zero-order chi connectivity index (χ0) is 18.8. The van der Waals surface area contributed by atoms with Gasteiger partial charge in [0.1, 0.15) is 12.4 Å². The van der Waals surface area contributed by atoms with Crippen molar-refractivity contribution in [2.75, 3.05) is 0 Å². The quantitative estimate of drug-likeness (QED) is 0.662. The van der Waals surface area contributed by atoms with Crippen molar-refractivity contribution < 1.29 is 19.4 Å². The van der Waals surface area contributed by atoms with E-state index in [4.69, 9.17) is 4.74 Å². The standard InChI is InChI=1S/C16H13NO2.C5H10O2/c18-16-14-9-5-4-8-13(14)15(10-17-16)19-11-12-6-2-1-3-7-12;1-3-5(2)7-4-6/h1-10H,11H2,(H,17,18);4-5H,3H2,1-2H3. The minimum absolute atomic E-state index is 0.0302. The maximum absolute atomic E-state index is 9.71. The molecule has 136 valence electrons. The number of rotatable bonds is 6. The lowest BCUT2D eigenvalue weighted by atomic mass is 10.1. The number of carbonyl (C=O) groups is 1. The van der Waals surface area contributed by atoms with Crippen LogP contribution in [0.2, 0.25) is 0 Å². The average molecular weight is 353 g/mol. The van der Waals surface area contributed by atoms with Gasteiger partial charge in [0, 0.05) is 10.8 Å². The highest BCUT2D eigenvalue weighted by Crippen LogP contribution is 2.30. The average Bonchev–Trinajstić information content (AvgIpc) is 2.69. The first-order valence-corrected chi connectivity index (χ1v) is 8.48. The monoisotopic (exact) mass is 353 g/mol. The minimum Gasteiger partial charge on any atom is -0.493 e. The summed E-state index contributed by atoms with van der Waals surface area (Å²) >= 11 is 0. The molecule has 0 radical (unpaired) electrons. The van der Waals surface area contributed by atoms with Crippen LogP contribution in [0, 0.1) is 0 Å². The van der Waals surface area contributed by atoms with E-state index in [0.717, 1.165) is 17.4 Å². The second-order valence-electron chi connectivity index (χ2n) is 5.72. The van der Waals surface area contributed by atoms with Gasteiger partial charge in [-0.25, -0.2) is 4.98 Å². The maximum Gasteiger partial charge on any atom is 0.293 e. The van der Waals surface area contributed by atoms with Gasteiger partial charge >= 0.3 is 0 Å². The molecule has 0 aliphatic rings. The largest absolute Gasteiger partial charge is 0.493 e. The fourth-order valence-corrected chi connectivity index (χ4v) is 2.19. The molecule has 0 saturated carbocycles. The molecular formula is C21H23NO4. The zero-order valence-electron chi connectivity index (χ0n) is 15.0. The second kappa shape index (κ2) is 10.0. The first-order valence-electron chi connectivity index (χ1n) is 8.48. The van der Waals surface area contributed by atoms with Crippen molar-refractivity contribution in [1.29, 1.82) is 0 Å². The highest BCUT2D eigenvalue weighted by molar-refractivity contribution is 5.91. The molecule has 0 bridgehead atoms. The van der Waals surface area contributed by atoms with E-state index in [2.05, 4.69) is 9.72 Å². The van der Waals surface area contributed by atoms with Crippen molar-refractivity contribution in [3.8, 4) is 11.6 Å². The van der Waals surface area contributed by atoms with E-state index >= 15 is 0 Å². The Morgan fingerprint density at radius 1 is 1.08 bits per heavy atom. The predicted molar refractivity (Wildman–Crippen MR) is 101 cm³/mol. The summed E-state index contributed by atoms with van der Waals surface area (Å²) in [7, 11) is 0. The third-order valence-electron chi connectivity index (χ3n) is 3.84. The summed E-state index contributed by atoms with van der Waals surface area (Å²) in [6.45, 7) is 4.79. The Hall–Kier alpha value is -3.08. The molecule has 1 aromatic heterocycles. The molecule has 1 heterocycles. The van der Waals surface area contributed by atoms with Crippen molar-refractivity contribution in [2.24, 2.45) is 0 Å². The fraction of sp³-hybridized carbons (Fsp3) is 0.238. The van der Waals surface area contributed by atoms with Crippen molar-refractivity contribution in [3.05, 3.63) is 66.4 Å². The van der Waals surface area contributed by atoms with E-state index in [1.54, 1.807) is 6.20 Å². The lowest BCUT2D eigenvalue weighted by Gasteiger charge is -2.09. The number of aromatic nitrogens is 1. The molecule has 0 aliphatic carbocycles. The van der Waals surface area contributed by atoms with Gasteiger partial charge in [0.25, 0.3) is 6.47 Å². The fourth-order valence-electron chi connectivity index (χ4n) is 2.19. The molecule has 0 amide bonds. The molecule has 2 aromatic carbocycles. The molecule has 1 atom stereocenters. The number of carbonyl (C=O) groups excluding carboxylic acids is 1. The SMILES string of the molecule is CCC(C)OC=O.Oc1ncc(OCc2ccccc2)c2ccccc12. The Morgan fingerprint density at radius 2 is 1.73 bits per heavy atom. The number of ether oxygens (including phenoxy) is 2. The van der Waals surface area contributed by atoms with E-state index in [-0.39, 0.29) is 12.0 Å². The maximum atomic E-state index is 9.71. The topological polar surface area (TPSA) is 68.7 Å². The molecule has 3 rings (SSSR count). The normalized spacial score (nSPS) is 11.2. The Bertz CT molecular complexity index is 821. The number of aromatic hydroxyl groups is 1. The lowest BCUT2D eigenvalue weighted by Crippen LogP contribution is -2.03. The molecule has 5 heteroatoms. The highest BCUT2D eigenvalue weighted by atomic mass is 16.5. The van der Waals surface area contributed by atoms with Crippen LogP contribution in [0.25, 0.3) is 10.8 Å². The number of pyridine rings is 1. The van der Waals surface area contributed by atoms with Crippen LogP contribution in [0.3, 0.4) is 0 Å². The van der Waals surface area contributed by atoms with Crippen molar-refractivity contribution in [1.82, 2.24) is 4.98 Å². The molecule has 0 fully saturated rings. The second-order valence-corrected chi connectivity index (χ2v) is 5.72. The molecule has 5 nitrogen and oxygen atoms in total. The Morgan fingerprint density at radius 3 is 2.35 bits per heavy atom. The van der Waals surface area contributed by atoms with E-state index in [0.29, 0.717) is 24.2 Å². The summed E-state index contributed by atoms with van der Waals surface area (Å²) in [5.74, 6) is 0.708. The van der Waals surface area contributed by atoms with Gasteiger partial charge in [-0.3, -0.25) is 4.79 Å². The van der Waals surface area contributed by atoms with Crippen LogP contribution in [0.1, 0.15) is 25.8 Å². The number of hydrogen-bond acceptors (Lipinski definition) is 5. The van der Waals surface area contributed by atoms with Gasteiger partial charge in [0.15, 0.2) is 0 Å². The van der Waals surface area contributed by atoms with Crippen LogP contribution >= 0.6 is 0 Å². The number of nitrogens with zero attached hydrogens (tertiary/aromatic N) is 1. The van der Waals surface area contributed by atoms with E-state index in [1.807, 2.05) is 68.4 Å². The molecule has 26 heavy (non-hydrogen) atoms. The summed E-state index contributed by atoms with van der Waals surface area (Å²) < 4.78 is 10.3. The van der Waals surface area contributed by atoms with Crippen LogP contribution in [0.4, 0.5) is 0 Å². The Kier molecular flexibility index (Phi) is 7.43. The van der Waals surface area contributed by atoms with Crippen LogP contribution in [0.15, 0.2) is 60.8 Å². The number of fused-ring (bicyclic) bond motifs is 1. The van der Waals surface area contributed by atoms with Crippen LogP contribution in [-0.4, -0.2) is 22.7 Å². The van der Waals surface area contributed by atoms with E-state index in [1.165, 1.54) is 0 Å². The van der Waals surface area contributed by atoms with Gasteiger partial charge in [-0.1, -0.05) is 55.5 Å². The van der Waals surface area contributed by atoms with Crippen molar-refractivity contribution in [2.45, 2.75) is 33.0 Å². The molecule has 1 N–H and O–H groups in total. The van der Waals surface area contributed by atoms with Gasteiger partial charge in [-0.15, -0.1) is 0 Å². The zero-order valence-corrected chi connectivity index (χ0v) is 15.0. The van der Waals surface area contributed by atoms with Crippen LogP contribution in [0.5, 0.6) is 11.6 Å². The van der Waals surface area contributed by atoms with E-state index < -0.39 is 0 Å². The molecule has 0 aliphatic heterocycles. The summed E-state index contributed by atoms with van der Waals surface area (Å²) in [5, 5.41) is 11.3. The smallest absolute Gasteiger partial charge is 0.293 e. The summed E-state index contributed by atoms with van der Waals surface area (Å²) in [5.41, 5.74) is 1.10. The third kappa shape index (κ3) is 5.48. The van der Waals surface area contributed by atoms with Crippen molar-refractivity contribution in [3.63, 3.8) is 0 Å². The molecule has 0 saturated heterocycles. The molecular weight excluding hydrogens is 330 g/mol. The van der Waals surface area contributed by atoms with Crippen molar-refractivity contribution >= 4 is 17.2 Å². The van der Waals surface area contributed by atoms with E-state index in [9.17, 15) is 9.90 Å². The molecule has 1 unspecified atom stereocenters. The lowest BCUT2D eigenvalue weighted by molar-refractivity contribution is -0.132. The first kappa shape index (κ1) is 19.2. The van der Waals surface area contributed by atoms with Gasteiger partial charge < -0.3 is 14.6 Å². The van der Waals surface area contributed by atoms with Gasteiger partial charge in [0.05, 0.1) is 12.3 Å². The third-order valence-corrected chi connectivity index (χ3v) is 3.84. The molecule has 0 spiro atoms. The predicted octanol–water partition coefficient (Wildman–Crippen LogP) is 4.48. The van der Waals surface area contributed by atoms with Gasteiger partial charge in [0.2, 0.25) is 5.88 Å². The summed E-state index contributed by atoms with van der Waals surface area (Å²) in [4.78, 5) is 13.5. The van der Waals surface area contributed by atoms with Crippen LogP contribution in [-0.2, 0) is 16.1 Å². The number of benzene rings is 2. The van der Waals surface area contributed by atoms with Crippen LogP contribution < -0.4 is 4.74 Å². The Balaban J connectivity index is 0.000000298. The summed E-state index contributed by atoms with van der Waals surface area (Å²) in [6, 6.07) is 17.5.